The standard InChI is InChI=1S/C22H22ClN3O5/c1-12(2)30-20-16(23)8-13(9-18(20)28-3)4-5-19-25-21(26-31-19)15-10-14-11-29-7-6-17(14)24-22(15)27/h4-5,8-10,12H,6-7,11H2,1-3H3,(H,24,27)/b5-4+. The van der Waals surface area contributed by atoms with Crippen LogP contribution in [0.1, 0.15) is 36.6 Å². The van der Waals surface area contributed by atoms with Crippen molar-refractivity contribution in [2.75, 3.05) is 13.7 Å². The first-order valence-corrected chi connectivity index (χ1v) is 10.2. The van der Waals surface area contributed by atoms with Crippen LogP contribution in [0.2, 0.25) is 5.02 Å². The summed E-state index contributed by atoms with van der Waals surface area (Å²) in [5, 5.41) is 4.37. The minimum Gasteiger partial charge on any atom is -0.493 e. The van der Waals surface area contributed by atoms with Gasteiger partial charge in [-0.15, -0.1) is 0 Å². The summed E-state index contributed by atoms with van der Waals surface area (Å²) in [6.07, 6.45) is 4.04. The molecule has 3 heterocycles. The molecule has 0 saturated heterocycles. The number of aromatic nitrogens is 3. The highest BCUT2D eigenvalue weighted by Gasteiger charge is 2.17. The maximum Gasteiger partial charge on any atom is 0.259 e. The molecule has 2 aromatic heterocycles. The van der Waals surface area contributed by atoms with Crippen molar-refractivity contribution in [3.63, 3.8) is 0 Å². The fraction of sp³-hybridized carbons (Fsp3) is 0.318. The number of nitrogens with zero attached hydrogens (tertiary/aromatic N) is 2. The average molecular weight is 444 g/mol. The predicted octanol–water partition coefficient (Wildman–Crippen LogP) is 4.12. The molecule has 9 heteroatoms. The molecular formula is C22H22ClN3O5. The van der Waals surface area contributed by atoms with Crippen molar-refractivity contribution in [1.82, 2.24) is 15.1 Å². The molecule has 1 N–H and O–H groups in total. The van der Waals surface area contributed by atoms with E-state index < -0.39 is 0 Å². The lowest BCUT2D eigenvalue weighted by atomic mass is 10.1. The zero-order chi connectivity index (χ0) is 22.0. The minimum atomic E-state index is -0.255. The number of hydrogen-bond acceptors (Lipinski definition) is 7. The monoisotopic (exact) mass is 443 g/mol. The van der Waals surface area contributed by atoms with Crippen LogP contribution in [0.3, 0.4) is 0 Å². The Morgan fingerprint density at radius 3 is 2.87 bits per heavy atom. The van der Waals surface area contributed by atoms with Gasteiger partial charge in [0, 0.05) is 18.2 Å². The van der Waals surface area contributed by atoms with E-state index in [1.54, 1.807) is 37.5 Å². The lowest BCUT2D eigenvalue weighted by Crippen LogP contribution is -2.19. The molecule has 0 aliphatic carbocycles. The molecular weight excluding hydrogens is 422 g/mol. The maximum absolute atomic E-state index is 12.4. The summed E-state index contributed by atoms with van der Waals surface area (Å²) in [6, 6.07) is 5.30. The molecule has 8 nitrogen and oxygen atoms in total. The highest BCUT2D eigenvalue weighted by Crippen LogP contribution is 2.37. The van der Waals surface area contributed by atoms with Crippen LogP contribution in [0.25, 0.3) is 23.5 Å². The van der Waals surface area contributed by atoms with Gasteiger partial charge in [0.1, 0.15) is 0 Å². The van der Waals surface area contributed by atoms with Crippen LogP contribution in [0.5, 0.6) is 11.5 Å². The SMILES string of the molecule is COc1cc(/C=C/c2nc(-c3cc4c([nH]c3=O)CCOC4)no2)cc(Cl)c1OC(C)C. The number of hydrogen-bond donors (Lipinski definition) is 1. The number of aromatic amines is 1. The quantitative estimate of drug-likeness (QED) is 0.611. The Balaban J connectivity index is 1.58. The molecule has 4 rings (SSSR count). The van der Waals surface area contributed by atoms with E-state index in [9.17, 15) is 4.79 Å². The Bertz CT molecular complexity index is 1180. The second-order valence-electron chi connectivity index (χ2n) is 7.31. The third kappa shape index (κ3) is 4.65. The summed E-state index contributed by atoms with van der Waals surface area (Å²) in [4.78, 5) is 19.6. The molecule has 0 amide bonds. The number of nitrogens with one attached hydrogen (secondary N) is 1. The molecule has 0 atom stereocenters. The fourth-order valence-electron chi connectivity index (χ4n) is 3.25. The van der Waals surface area contributed by atoms with Gasteiger partial charge in [0.2, 0.25) is 5.82 Å². The predicted molar refractivity (Wildman–Crippen MR) is 116 cm³/mol. The van der Waals surface area contributed by atoms with E-state index in [-0.39, 0.29) is 23.4 Å². The van der Waals surface area contributed by atoms with Gasteiger partial charge in [0.05, 0.1) is 37.0 Å². The Morgan fingerprint density at radius 2 is 2.10 bits per heavy atom. The Kier molecular flexibility index (Phi) is 6.11. The van der Waals surface area contributed by atoms with Crippen LogP contribution in [0.4, 0.5) is 0 Å². The first-order chi connectivity index (χ1) is 14.9. The van der Waals surface area contributed by atoms with E-state index in [0.717, 1.165) is 16.8 Å². The van der Waals surface area contributed by atoms with Crippen LogP contribution in [0, 0.1) is 0 Å². The van der Waals surface area contributed by atoms with E-state index in [0.29, 0.717) is 41.7 Å². The van der Waals surface area contributed by atoms with Crippen molar-refractivity contribution in [3.05, 3.63) is 56.3 Å². The molecule has 0 fully saturated rings. The summed E-state index contributed by atoms with van der Waals surface area (Å²) in [5.74, 6) is 1.48. The molecule has 0 bridgehead atoms. The number of methoxy groups -OCH3 is 1. The maximum atomic E-state index is 12.4. The number of pyridine rings is 1. The molecule has 1 aliphatic rings. The van der Waals surface area contributed by atoms with Gasteiger partial charge in [-0.2, -0.15) is 4.98 Å². The smallest absolute Gasteiger partial charge is 0.259 e. The Labute approximate surface area is 183 Å². The number of halogens is 1. The van der Waals surface area contributed by atoms with E-state index >= 15 is 0 Å². The molecule has 1 aromatic carbocycles. The van der Waals surface area contributed by atoms with Gasteiger partial charge >= 0.3 is 0 Å². The largest absolute Gasteiger partial charge is 0.493 e. The first kappa shape index (κ1) is 21.1. The topological polar surface area (TPSA) is 99.5 Å². The lowest BCUT2D eigenvalue weighted by molar-refractivity contribution is 0.109. The summed E-state index contributed by atoms with van der Waals surface area (Å²) in [5.41, 5.74) is 2.66. The van der Waals surface area contributed by atoms with Crippen molar-refractivity contribution in [1.29, 1.82) is 0 Å². The van der Waals surface area contributed by atoms with E-state index in [1.807, 2.05) is 13.8 Å². The summed E-state index contributed by atoms with van der Waals surface area (Å²) < 4.78 is 21.9. The Morgan fingerprint density at radius 1 is 1.26 bits per heavy atom. The van der Waals surface area contributed by atoms with Crippen LogP contribution in [-0.2, 0) is 17.8 Å². The molecule has 162 valence electrons. The van der Waals surface area contributed by atoms with Gasteiger partial charge in [0.15, 0.2) is 11.5 Å². The normalized spacial score (nSPS) is 13.6. The second kappa shape index (κ2) is 8.95. The summed E-state index contributed by atoms with van der Waals surface area (Å²) >= 11 is 6.36. The number of H-pyrrole nitrogens is 1. The van der Waals surface area contributed by atoms with Crippen LogP contribution >= 0.6 is 11.6 Å². The van der Waals surface area contributed by atoms with Crippen molar-refractivity contribution in [3.8, 4) is 22.9 Å². The van der Waals surface area contributed by atoms with E-state index in [1.165, 1.54) is 0 Å². The number of rotatable bonds is 6. The van der Waals surface area contributed by atoms with Gasteiger partial charge in [-0.3, -0.25) is 4.79 Å². The van der Waals surface area contributed by atoms with Gasteiger partial charge in [-0.25, -0.2) is 0 Å². The molecule has 0 unspecified atom stereocenters. The third-order valence-electron chi connectivity index (χ3n) is 4.68. The molecule has 1 aliphatic heterocycles. The molecule has 0 spiro atoms. The van der Waals surface area contributed by atoms with Crippen LogP contribution in [-0.4, -0.2) is 34.9 Å². The van der Waals surface area contributed by atoms with Gasteiger partial charge in [-0.05, 0) is 49.2 Å². The Hall–Kier alpha value is -3.10. The van der Waals surface area contributed by atoms with Crippen molar-refractivity contribution >= 4 is 23.8 Å². The van der Waals surface area contributed by atoms with Gasteiger partial charge < -0.3 is 23.7 Å². The van der Waals surface area contributed by atoms with Crippen LogP contribution < -0.4 is 15.0 Å². The second-order valence-corrected chi connectivity index (χ2v) is 7.72. The zero-order valence-electron chi connectivity index (χ0n) is 17.4. The fourth-order valence-corrected chi connectivity index (χ4v) is 3.52. The van der Waals surface area contributed by atoms with Crippen molar-refractivity contribution in [2.45, 2.75) is 33.0 Å². The zero-order valence-corrected chi connectivity index (χ0v) is 18.2. The van der Waals surface area contributed by atoms with Gasteiger partial charge in [-0.1, -0.05) is 16.8 Å². The molecule has 31 heavy (non-hydrogen) atoms. The molecule has 3 aromatic rings. The number of benzene rings is 1. The van der Waals surface area contributed by atoms with Crippen molar-refractivity contribution in [2.24, 2.45) is 0 Å². The minimum absolute atomic E-state index is 0.0390. The summed E-state index contributed by atoms with van der Waals surface area (Å²) in [7, 11) is 1.55. The highest BCUT2D eigenvalue weighted by molar-refractivity contribution is 6.32. The lowest BCUT2D eigenvalue weighted by Gasteiger charge is -2.15. The number of fused-ring (bicyclic) bond motifs is 1. The highest BCUT2D eigenvalue weighted by atomic mass is 35.5. The third-order valence-corrected chi connectivity index (χ3v) is 4.96. The molecule has 0 saturated carbocycles. The van der Waals surface area contributed by atoms with Gasteiger partial charge in [0.25, 0.3) is 11.4 Å². The average Bonchev–Trinajstić information content (AvgIpc) is 3.21. The van der Waals surface area contributed by atoms with E-state index in [4.69, 9.17) is 30.3 Å². The van der Waals surface area contributed by atoms with Crippen molar-refractivity contribution < 1.29 is 18.7 Å². The number of ether oxygens (including phenoxy) is 3. The summed E-state index contributed by atoms with van der Waals surface area (Å²) in [6.45, 7) is 4.87. The first-order valence-electron chi connectivity index (χ1n) is 9.83. The van der Waals surface area contributed by atoms with Crippen LogP contribution in [0.15, 0.2) is 27.5 Å². The van der Waals surface area contributed by atoms with E-state index in [2.05, 4.69) is 15.1 Å². The molecule has 0 radical (unpaired) electrons.